The van der Waals surface area contributed by atoms with Crippen LogP contribution in [0.1, 0.15) is 18.2 Å². The molecule has 2 aromatic carbocycles. The Hall–Kier alpha value is -3.30. The zero-order chi connectivity index (χ0) is 22.1. The summed E-state index contributed by atoms with van der Waals surface area (Å²) in [7, 11) is 5.03. The fraction of sp³-hybridized carbons (Fsp3) is 0.391. The second kappa shape index (κ2) is 8.68. The molecular weight excluding hydrogens is 408 g/mol. The Balaban J connectivity index is 1.57. The van der Waals surface area contributed by atoms with E-state index < -0.39 is 0 Å². The molecule has 0 radical (unpaired) electrons. The molecule has 0 bridgehead atoms. The minimum absolute atomic E-state index is 0.174. The number of nitrogens with one attached hydrogen (secondary N) is 1. The summed E-state index contributed by atoms with van der Waals surface area (Å²) in [6, 6.07) is 14.2. The van der Waals surface area contributed by atoms with Crippen LogP contribution in [0.4, 0.5) is 5.95 Å². The van der Waals surface area contributed by atoms with Gasteiger partial charge in [0.1, 0.15) is 6.17 Å². The van der Waals surface area contributed by atoms with E-state index >= 15 is 0 Å². The Morgan fingerprint density at radius 3 is 2.72 bits per heavy atom. The number of anilines is 1. The number of rotatable bonds is 7. The van der Waals surface area contributed by atoms with Gasteiger partial charge in [-0.15, -0.1) is 0 Å². The van der Waals surface area contributed by atoms with Crippen molar-refractivity contribution >= 4 is 22.9 Å². The number of aliphatic imine (C=N–C) groups is 1. The Labute approximate surface area is 187 Å². The molecule has 2 aliphatic heterocycles. The van der Waals surface area contributed by atoms with Crippen molar-refractivity contribution in [3.05, 3.63) is 48.0 Å². The van der Waals surface area contributed by atoms with Crippen LogP contribution in [0.5, 0.6) is 11.5 Å². The molecule has 0 spiro atoms. The van der Waals surface area contributed by atoms with Gasteiger partial charge in [-0.25, -0.2) is 9.98 Å². The van der Waals surface area contributed by atoms with Crippen LogP contribution in [0.25, 0.3) is 11.0 Å². The average molecular weight is 437 g/mol. The second-order valence-corrected chi connectivity index (χ2v) is 7.87. The predicted octanol–water partition coefficient (Wildman–Crippen LogP) is 2.63. The zero-order valence-corrected chi connectivity index (χ0v) is 18.6. The molecule has 9 nitrogen and oxygen atoms in total. The normalized spacial score (nSPS) is 18.0. The number of fused-ring (bicyclic) bond motifs is 5. The molecule has 1 N–H and O–H groups in total. The number of para-hydroxylation sites is 2. The van der Waals surface area contributed by atoms with Crippen LogP contribution in [-0.2, 0) is 4.74 Å². The van der Waals surface area contributed by atoms with E-state index in [2.05, 4.69) is 25.8 Å². The van der Waals surface area contributed by atoms with Crippen LogP contribution in [0, 0.1) is 0 Å². The zero-order valence-electron chi connectivity index (χ0n) is 18.6. The maximum atomic E-state index is 5.56. The molecule has 3 aromatic rings. The number of hydrogen-bond donors (Lipinski definition) is 1. The monoisotopic (exact) mass is 436 g/mol. The van der Waals surface area contributed by atoms with Gasteiger partial charge in [-0.2, -0.15) is 0 Å². The van der Waals surface area contributed by atoms with Gasteiger partial charge in [0.05, 0.1) is 38.6 Å². The van der Waals surface area contributed by atoms with Gasteiger partial charge < -0.3 is 19.5 Å². The van der Waals surface area contributed by atoms with E-state index in [1.165, 1.54) is 0 Å². The first kappa shape index (κ1) is 20.6. The van der Waals surface area contributed by atoms with Gasteiger partial charge in [0.15, 0.2) is 11.5 Å². The average Bonchev–Trinajstić information content (AvgIpc) is 3.23. The summed E-state index contributed by atoms with van der Waals surface area (Å²) in [5, 5.41) is 3.63. The number of imidazole rings is 1. The van der Waals surface area contributed by atoms with Crippen molar-refractivity contribution in [1.82, 2.24) is 19.8 Å². The molecule has 32 heavy (non-hydrogen) atoms. The highest BCUT2D eigenvalue weighted by Crippen LogP contribution is 2.36. The van der Waals surface area contributed by atoms with Crippen LogP contribution in [0.3, 0.4) is 0 Å². The van der Waals surface area contributed by atoms with Gasteiger partial charge in [0, 0.05) is 20.3 Å². The van der Waals surface area contributed by atoms with Gasteiger partial charge in [-0.1, -0.05) is 18.2 Å². The summed E-state index contributed by atoms with van der Waals surface area (Å²) in [6.45, 7) is 3.02. The van der Waals surface area contributed by atoms with E-state index in [-0.39, 0.29) is 6.17 Å². The summed E-state index contributed by atoms with van der Waals surface area (Å²) in [5.41, 5.74) is 3.05. The Morgan fingerprint density at radius 2 is 1.91 bits per heavy atom. The SMILES string of the molecule is COCCCN1CN=C2NC(c3ccc(OC)c(OC)c3)n3c(nc4ccccc43)N2C1. The molecule has 2 aliphatic rings. The first-order valence-corrected chi connectivity index (χ1v) is 10.7. The van der Waals surface area contributed by atoms with E-state index in [0.717, 1.165) is 54.7 Å². The molecule has 0 saturated carbocycles. The lowest BCUT2D eigenvalue weighted by molar-refractivity contribution is 0.171. The topological polar surface area (TPSA) is 76.4 Å². The first-order chi connectivity index (χ1) is 15.7. The molecule has 3 heterocycles. The molecule has 0 saturated heterocycles. The Morgan fingerprint density at radius 1 is 1.06 bits per heavy atom. The lowest BCUT2D eigenvalue weighted by Crippen LogP contribution is -2.57. The maximum Gasteiger partial charge on any atom is 0.216 e. The number of methoxy groups -OCH3 is 3. The minimum atomic E-state index is -0.174. The van der Waals surface area contributed by atoms with Crippen LogP contribution in [-0.4, -0.2) is 68.2 Å². The fourth-order valence-corrected chi connectivity index (χ4v) is 4.34. The van der Waals surface area contributed by atoms with Crippen LogP contribution in [0.15, 0.2) is 47.5 Å². The van der Waals surface area contributed by atoms with Crippen LogP contribution < -0.4 is 19.7 Å². The van der Waals surface area contributed by atoms with Gasteiger partial charge in [0.25, 0.3) is 0 Å². The van der Waals surface area contributed by atoms with Crippen molar-refractivity contribution in [2.75, 3.05) is 52.7 Å². The summed E-state index contributed by atoms with van der Waals surface area (Å²) in [5.74, 6) is 3.09. The number of hydrogen-bond acceptors (Lipinski definition) is 8. The smallest absolute Gasteiger partial charge is 0.216 e. The molecular formula is C23H28N6O3. The quantitative estimate of drug-likeness (QED) is 0.571. The largest absolute Gasteiger partial charge is 0.493 e. The highest BCUT2D eigenvalue weighted by molar-refractivity contribution is 5.98. The molecule has 9 heteroatoms. The van der Waals surface area contributed by atoms with Gasteiger partial charge in [0.2, 0.25) is 11.9 Å². The summed E-state index contributed by atoms with van der Waals surface area (Å²) < 4.78 is 18.4. The lowest BCUT2D eigenvalue weighted by atomic mass is 10.1. The van der Waals surface area contributed by atoms with Gasteiger partial charge in [-0.05, 0) is 36.2 Å². The van der Waals surface area contributed by atoms with Crippen molar-refractivity contribution in [2.24, 2.45) is 4.99 Å². The van der Waals surface area contributed by atoms with Gasteiger partial charge >= 0.3 is 0 Å². The molecule has 0 aliphatic carbocycles. The number of ether oxygens (including phenoxy) is 3. The summed E-state index contributed by atoms with van der Waals surface area (Å²) >= 11 is 0. The van der Waals surface area contributed by atoms with E-state index in [9.17, 15) is 0 Å². The van der Waals surface area contributed by atoms with Crippen molar-refractivity contribution in [2.45, 2.75) is 12.6 Å². The van der Waals surface area contributed by atoms with E-state index in [1.54, 1.807) is 21.3 Å². The fourth-order valence-electron chi connectivity index (χ4n) is 4.34. The highest BCUT2D eigenvalue weighted by atomic mass is 16.5. The van der Waals surface area contributed by atoms with E-state index in [0.29, 0.717) is 18.2 Å². The van der Waals surface area contributed by atoms with E-state index in [4.69, 9.17) is 24.2 Å². The third-order valence-electron chi connectivity index (χ3n) is 5.91. The third kappa shape index (κ3) is 3.53. The first-order valence-electron chi connectivity index (χ1n) is 10.7. The standard InChI is InChI=1S/C23H28N6O3/c1-30-12-6-11-27-14-24-22-26-21(16-9-10-19(31-2)20(13-16)32-3)29-18-8-5-4-7-17(18)25-23(29)28(22)15-27/h4-5,7-10,13,21H,6,11-12,14-15H2,1-3H3,(H,24,26). The van der Waals surface area contributed by atoms with Crippen molar-refractivity contribution in [1.29, 1.82) is 0 Å². The predicted molar refractivity (Wildman–Crippen MR) is 123 cm³/mol. The third-order valence-corrected chi connectivity index (χ3v) is 5.91. The molecule has 0 fully saturated rings. The molecule has 5 rings (SSSR count). The molecule has 1 unspecified atom stereocenters. The highest BCUT2D eigenvalue weighted by Gasteiger charge is 2.36. The molecule has 0 amide bonds. The number of guanidine groups is 1. The minimum Gasteiger partial charge on any atom is -0.493 e. The second-order valence-electron chi connectivity index (χ2n) is 7.87. The number of benzene rings is 2. The van der Waals surface area contributed by atoms with Crippen LogP contribution in [0.2, 0.25) is 0 Å². The van der Waals surface area contributed by atoms with Crippen molar-refractivity contribution in [3.63, 3.8) is 0 Å². The summed E-state index contributed by atoms with van der Waals surface area (Å²) in [6.07, 6.45) is 0.792. The lowest BCUT2D eigenvalue weighted by Gasteiger charge is -2.41. The maximum absolute atomic E-state index is 5.56. The molecule has 1 atom stereocenters. The van der Waals surface area contributed by atoms with Crippen molar-refractivity contribution < 1.29 is 14.2 Å². The van der Waals surface area contributed by atoms with Gasteiger partial charge in [-0.3, -0.25) is 14.4 Å². The van der Waals surface area contributed by atoms with Crippen molar-refractivity contribution in [3.8, 4) is 11.5 Å². The van der Waals surface area contributed by atoms with Crippen LogP contribution >= 0.6 is 0 Å². The Bertz CT molecular complexity index is 1140. The number of aromatic nitrogens is 2. The number of nitrogens with zero attached hydrogens (tertiary/aromatic N) is 5. The summed E-state index contributed by atoms with van der Waals surface area (Å²) in [4.78, 5) is 14.3. The molecule has 168 valence electrons. The Kier molecular flexibility index (Phi) is 5.59. The van der Waals surface area contributed by atoms with E-state index in [1.807, 2.05) is 36.4 Å². The molecule has 1 aromatic heterocycles.